The number of amides is 3. The number of nitrogens with zero attached hydrogens (tertiary/aromatic N) is 3. The van der Waals surface area contributed by atoms with Crippen molar-refractivity contribution < 1.29 is 27.2 Å². The molecule has 3 amide bonds. The minimum Gasteiger partial charge on any atom is -0.335 e. The summed E-state index contributed by atoms with van der Waals surface area (Å²) >= 11 is 5.98. The third-order valence-electron chi connectivity index (χ3n) is 5.68. The second-order valence-corrected chi connectivity index (χ2v) is 10.3. The maximum absolute atomic E-state index is 13.3. The molecule has 4 rings (SSSR count). The van der Waals surface area contributed by atoms with E-state index in [9.17, 15) is 27.2 Å². The Kier molecular flexibility index (Phi) is 5.92. The van der Waals surface area contributed by atoms with Crippen LogP contribution in [0.2, 0.25) is 5.02 Å². The van der Waals surface area contributed by atoms with E-state index in [1.807, 2.05) is 0 Å². The van der Waals surface area contributed by atoms with Gasteiger partial charge in [-0.2, -0.15) is 0 Å². The van der Waals surface area contributed by atoms with E-state index in [1.54, 1.807) is 13.8 Å². The first-order valence-corrected chi connectivity index (χ1v) is 12.1. The van der Waals surface area contributed by atoms with Crippen LogP contribution in [0.1, 0.15) is 44.9 Å². The van der Waals surface area contributed by atoms with Crippen LogP contribution >= 0.6 is 11.6 Å². The summed E-state index contributed by atoms with van der Waals surface area (Å²) in [4.78, 5) is 41.1. The molecule has 8 nitrogen and oxygen atoms in total. The van der Waals surface area contributed by atoms with Crippen LogP contribution in [-0.2, 0) is 10.0 Å². The van der Waals surface area contributed by atoms with Gasteiger partial charge < -0.3 is 9.80 Å². The highest BCUT2D eigenvalue weighted by atomic mass is 35.5. The van der Waals surface area contributed by atoms with Crippen LogP contribution in [0.4, 0.5) is 4.39 Å². The Morgan fingerprint density at radius 1 is 0.970 bits per heavy atom. The summed E-state index contributed by atoms with van der Waals surface area (Å²) in [7, 11) is -4.02. The van der Waals surface area contributed by atoms with Crippen molar-refractivity contribution in [2.45, 2.75) is 24.8 Å². The molecule has 2 heterocycles. The lowest BCUT2D eigenvalue weighted by Gasteiger charge is -2.35. The van der Waals surface area contributed by atoms with Gasteiger partial charge in [0.05, 0.1) is 16.1 Å². The van der Waals surface area contributed by atoms with Gasteiger partial charge in [0.1, 0.15) is 10.7 Å². The summed E-state index contributed by atoms with van der Waals surface area (Å²) in [6.45, 7) is 4.14. The van der Waals surface area contributed by atoms with Crippen molar-refractivity contribution in [1.29, 1.82) is 0 Å². The Morgan fingerprint density at radius 3 is 2.15 bits per heavy atom. The molecule has 1 fully saturated rings. The average Bonchev–Trinajstić information content (AvgIpc) is 2.97. The molecule has 2 aliphatic heterocycles. The van der Waals surface area contributed by atoms with Crippen molar-refractivity contribution in [3.05, 3.63) is 63.9 Å². The molecule has 0 atom stereocenters. The molecule has 33 heavy (non-hydrogen) atoms. The lowest BCUT2D eigenvalue weighted by atomic mass is 10.1. The maximum Gasteiger partial charge on any atom is 0.269 e. The Bertz CT molecular complexity index is 1270. The fraction of sp³-hybridized carbons (Fsp3) is 0.318. The van der Waals surface area contributed by atoms with Crippen LogP contribution in [0.25, 0.3) is 0 Å². The van der Waals surface area contributed by atoms with E-state index in [0.717, 1.165) is 16.4 Å². The van der Waals surface area contributed by atoms with Crippen molar-refractivity contribution in [3.63, 3.8) is 0 Å². The van der Waals surface area contributed by atoms with E-state index in [1.165, 1.54) is 34.1 Å². The molecule has 0 spiro atoms. The van der Waals surface area contributed by atoms with Crippen LogP contribution in [0.15, 0.2) is 41.3 Å². The number of benzene rings is 2. The predicted molar refractivity (Wildman–Crippen MR) is 118 cm³/mol. The van der Waals surface area contributed by atoms with Gasteiger partial charge in [0.25, 0.3) is 27.7 Å². The number of sulfonamides is 1. The predicted octanol–water partition coefficient (Wildman–Crippen LogP) is 2.63. The number of carbonyl (C=O) groups is 3. The summed E-state index contributed by atoms with van der Waals surface area (Å²) < 4.78 is 39.7. The maximum atomic E-state index is 13.3. The third-order valence-corrected chi connectivity index (χ3v) is 7.99. The fourth-order valence-electron chi connectivity index (χ4n) is 4.02. The van der Waals surface area contributed by atoms with E-state index < -0.39 is 33.7 Å². The Hall–Kier alpha value is -2.98. The molecule has 0 radical (unpaired) electrons. The van der Waals surface area contributed by atoms with Gasteiger partial charge >= 0.3 is 0 Å². The first-order chi connectivity index (χ1) is 15.5. The largest absolute Gasteiger partial charge is 0.335 e. The van der Waals surface area contributed by atoms with Crippen LogP contribution in [0.3, 0.4) is 0 Å². The molecular formula is C22H21ClFN3O5S. The number of halogens is 2. The van der Waals surface area contributed by atoms with Gasteiger partial charge in [0, 0.05) is 37.8 Å². The fourth-order valence-corrected chi connectivity index (χ4v) is 6.06. The molecule has 2 aliphatic rings. The number of hydrogen-bond acceptors (Lipinski definition) is 5. The summed E-state index contributed by atoms with van der Waals surface area (Å²) in [5, 5.41) is 0.0165. The zero-order valence-electron chi connectivity index (χ0n) is 17.9. The monoisotopic (exact) mass is 493 g/mol. The number of fused-ring (bicyclic) bond motifs is 1. The third kappa shape index (κ3) is 3.97. The summed E-state index contributed by atoms with van der Waals surface area (Å²) in [6, 6.07) is 7.05. The van der Waals surface area contributed by atoms with Gasteiger partial charge in [-0.1, -0.05) is 11.6 Å². The zero-order valence-corrected chi connectivity index (χ0v) is 19.5. The highest BCUT2D eigenvalue weighted by Crippen LogP contribution is 2.33. The minimum absolute atomic E-state index is 0.0165. The molecule has 1 saturated heterocycles. The van der Waals surface area contributed by atoms with Crippen molar-refractivity contribution in [2.75, 3.05) is 26.2 Å². The van der Waals surface area contributed by atoms with E-state index >= 15 is 0 Å². The zero-order chi connectivity index (χ0) is 24.1. The highest BCUT2D eigenvalue weighted by Gasteiger charge is 2.43. The van der Waals surface area contributed by atoms with E-state index in [4.69, 9.17) is 11.6 Å². The second-order valence-electron chi connectivity index (χ2n) is 8.12. The van der Waals surface area contributed by atoms with Gasteiger partial charge in [-0.3, -0.25) is 14.4 Å². The minimum atomic E-state index is -4.02. The molecule has 2 aromatic rings. The standard InChI is InChI=1S/C22H21ClFN3O5S/c1-13(2)27-22(30)17-5-3-14(11-19(17)33(27,31)32)20(28)25-7-9-26(10-8-25)21(29)16-6-4-15(24)12-18(16)23/h3-6,11-13H,7-10H2,1-2H3. The first kappa shape index (κ1) is 23.2. The molecule has 0 aliphatic carbocycles. The van der Waals surface area contributed by atoms with Crippen LogP contribution in [0, 0.1) is 5.82 Å². The van der Waals surface area contributed by atoms with Gasteiger partial charge in [0.15, 0.2) is 0 Å². The number of hydrogen-bond donors (Lipinski definition) is 0. The van der Waals surface area contributed by atoms with Gasteiger partial charge in [-0.25, -0.2) is 17.1 Å². The summed E-state index contributed by atoms with van der Waals surface area (Å²) in [5.74, 6) is -1.90. The lowest BCUT2D eigenvalue weighted by molar-refractivity contribution is 0.0535. The SMILES string of the molecule is CC(C)N1C(=O)c2ccc(C(=O)N3CCN(C(=O)c4ccc(F)cc4Cl)CC3)cc2S1(=O)=O. The van der Waals surface area contributed by atoms with Crippen LogP contribution in [-0.4, -0.2) is 72.5 Å². The van der Waals surface area contributed by atoms with Gasteiger partial charge in [-0.15, -0.1) is 0 Å². The first-order valence-electron chi connectivity index (χ1n) is 10.3. The van der Waals surface area contributed by atoms with Crippen LogP contribution < -0.4 is 0 Å². The van der Waals surface area contributed by atoms with E-state index in [2.05, 4.69) is 0 Å². The van der Waals surface area contributed by atoms with Gasteiger partial charge in [0.2, 0.25) is 0 Å². The molecular weight excluding hydrogens is 473 g/mol. The second kappa shape index (κ2) is 8.42. The Labute approximate surface area is 195 Å². The molecule has 11 heteroatoms. The number of rotatable bonds is 3. The lowest BCUT2D eigenvalue weighted by Crippen LogP contribution is -2.50. The Morgan fingerprint density at radius 2 is 1.58 bits per heavy atom. The quantitative estimate of drug-likeness (QED) is 0.655. The Balaban J connectivity index is 1.49. The smallest absolute Gasteiger partial charge is 0.269 e. The number of piperazine rings is 1. The number of carbonyl (C=O) groups excluding carboxylic acids is 3. The summed E-state index contributed by atoms with van der Waals surface area (Å²) in [5.41, 5.74) is 0.380. The highest BCUT2D eigenvalue weighted by molar-refractivity contribution is 7.90. The van der Waals surface area contributed by atoms with Crippen molar-refractivity contribution >= 4 is 39.3 Å². The van der Waals surface area contributed by atoms with Gasteiger partial charge in [-0.05, 0) is 50.2 Å². The van der Waals surface area contributed by atoms with Crippen LogP contribution in [0.5, 0.6) is 0 Å². The molecule has 0 N–H and O–H groups in total. The van der Waals surface area contributed by atoms with Crippen molar-refractivity contribution in [3.8, 4) is 0 Å². The molecule has 0 aromatic heterocycles. The van der Waals surface area contributed by atoms with E-state index in [0.29, 0.717) is 0 Å². The van der Waals surface area contributed by atoms with Crippen molar-refractivity contribution in [2.24, 2.45) is 0 Å². The molecule has 0 saturated carbocycles. The van der Waals surface area contributed by atoms with E-state index in [-0.39, 0.29) is 58.7 Å². The molecule has 0 bridgehead atoms. The summed E-state index contributed by atoms with van der Waals surface area (Å²) in [6.07, 6.45) is 0. The molecule has 174 valence electrons. The topological polar surface area (TPSA) is 95.1 Å². The van der Waals surface area contributed by atoms with Crippen molar-refractivity contribution in [1.82, 2.24) is 14.1 Å². The molecule has 2 aromatic carbocycles. The average molecular weight is 494 g/mol. The molecule has 0 unspecified atom stereocenters. The normalized spacial score (nSPS) is 17.5.